The molecule has 0 heterocycles. The lowest BCUT2D eigenvalue weighted by Gasteiger charge is -2.31. The summed E-state index contributed by atoms with van der Waals surface area (Å²) in [6, 6.07) is 15.3. The van der Waals surface area contributed by atoms with E-state index in [0.717, 1.165) is 35.1 Å². The molecule has 7 nitrogen and oxygen atoms in total. The Morgan fingerprint density at radius 1 is 1.06 bits per heavy atom. The Balaban J connectivity index is 1.35. The van der Waals surface area contributed by atoms with Gasteiger partial charge in [-0.3, -0.25) is 9.59 Å². The fraction of sp³-hybridized carbons (Fsp3) is 0.400. The molecule has 0 spiro atoms. The van der Waals surface area contributed by atoms with Crippen LogP contribution in [-0.4, -0.2) is 41.3 Å². The standard InChI is InChI=1S/C25H28N2O5/c1-15(23(30)27-25(2,13-22(28)29)16-11-12-16)26-24(31)32-14-21-19-9-5-3-7-17(19)18-8-4-6-10-20(18)21/h3-10,15-16,21H,11-14H2,1-2H3,(H,26,31)(H,27,30)(H,28,29)/t15-,25?/m0/s1. The van der Waals surface area contributed by atoms with E-state index in [1.54, 1.807) is 13.8 Å². The van der Waals surface area contributed by atoms with Crippen molar-refractivity contribution in [2.75, 3.05) is 6.61 Å². The highest BCUT2D eigenvalue weighted by Crippen LogP contribution is 2.44. The van der Waals surface area contributed by atoms with Crippen LogP contribution in [0.4, 0.5) is 4.79 Å². The minimum atomic E-state index is -0.961. The van der Waals surface area contributed by atoms with E-state index in [1.165, 1.54) is 0 Å². The topological polar surface area (TPSA) is 105 Å². The van der Waals surface area contributed by atoms with Gasteiger partial charge in [-0.05, 0) is 54.9 Å². The Morgan fingerprint density at radius 3 is 2.16 bits per heavy atom. The van der Waals surface area contributed by atoms with Crippen molar-refractivity contribution in [3.05, 3.63) is 59.7 Å². The van der Waals surface area contributed by atoms with E-state index in [9.17, 15) is 19.5 Å². The molecule has 32 heavy (non-hydrogen) atoms. The number of alkyl carbamates (subject to hydrolysis) is 1. The molecule has 2 aliphatic carbocycles. The molecule has 7 heteroatoms. The monoisotopic (exact) mass is 436 g/mol. The number of aliphatic carboxylic acids is 1. The Hall–Kier alpha value is -3.35. The number of carbonyl (C=O) groups is 3. The zero-order chi connectivity index (χ0) is 22.9. The van der Waals surface area contributed by atoms with E-state index in [4.69, 9.17) is 4.74 Å². The highest BCUT2D eigenvalue weighted by Gasteiger charge is 2.44. The first-order valence-electron chi connectivity index (χ1n) is 10.9. The maximum absolute atomic E-state index is 12.6. The van der Waals surface area contributed by atoms with Gasteiger partial charge < -0.3 is 20.5 Å². The van der Waals surface area contributed by atoms with E-state index in [2.05, 4.69) is 22.8 Å². The Bertz CT molecular complexity index is 1000. The predicted molar refractivity (Wildman–Crippen MR) is 119 cm³/mol. The van der Waals surface area contributed by atoms with Crippen molar-refractivity contribution < 1.29 is 24.2 Å². The van der Waals surface area contributed by atoms with Crippen LogP contribution in [0.2, 0.25) is 0 Å². The van der Waals surface area contributed by atoms with E-state index < -0.39 is 29.6 Å². The van der Waals surface area contributed by atoms with Crippen molar-refractivity contribution in [1.29, 1.82) is 0 Å². The molecule has 0 aromatic heterocycles. The summed E-state index contributed by atoms with van der Waals surface area (Å²) in [5.41, 5.74) is 3.69. The minimum Gasteiger partial charge on any atom is -0.481 e. The zero-order valence-corrected chi connectivity index (χ0v) is 18.3. The van der Waals surface area contributed by atoms with Gasteiger partial charge in [0, 0.05) is 5.92 Å². The van der Waals surface area contributed by atoms with Crippen LogP contribution in [-0.2, 0) is 14.3 Å². The fourth-order valence-corrected chi connectivity index (χ4v) is 4.60. The fourth-order valence-electron chi connectivity index (χ4n) is 4.60. The number of benzene rings is 2. The summed E-state index contributed by atoms with van der Waals surface area (Å²) in [5, 5.41) is 14.6. The summed E-state index contributed by atoms with van der Waals surface area (Å²) in [5.74, 6) is -1.30. The Labute approximate surface area is 187 Å². The SMILES string of the molecule is C[C@H](NC(=O)OCC1c2ccccc2-c2ccccc21)C(=O)NC(C)(CC(=O)O)C1CC1. The lowest BCUT2D eigenvalue weighted by molar-refractivity contribution is -0.139. The third-order valence-corrected chi connectivity index (χ3v) is 6.48. The van der Waals surface area contributed by atoms with Gasteiger partial charge in [0.25, 0.3) is 0 Å². The van der Waals surface area contributed by atoms with Crippen LogP contribution >= 0.6 is 0 Å². The molecule has 1 saturated carbocycles. The van der Waals surface area contributed by atoms with Gasteiger partial charge in [0.05, 0.1) is 12.0 Å². The third kappa shape index (κ3) is 4.47. The lowest BCUT2D eigenvalue weighted by atomic mass is 9.91. The molecule has 1 fully saturated rings. The number of nitrogens with one attached hydrogen (secondary N) is 2. The summed E-state index contributed by atoms with van der Waals surface area (Å²) in [6.07, 6.45) is 0.943. The second-order valence-corrected chi connectivity index (χ2v) is 8.94. The number of amides is 2. The molecule has 1 unspecified atom stereocenters. The average molecular weight is 437 g/mol. The van der Waals surface area contributed by atoms with E-state index >= 15 is 0 Å². The minimum absolute atomic E-state index is 0.0639. The average Bonchev–Trinajstić information content (AvgIpc) is 3.56. The van der Waals surface area contributed by atoms with E-state index in [1.807, 2.05) is 36.4 Å². The molecule has 3 N–H and O–H groups in total. The van der Waals surface area contributed by atoms with Gasteiger partial charge in [0.1, 0.15) is 12.6 Å². The first kappa shape index (κ1) is 21.9. The van der Waals surface area contributed by atoms with Gasteiger partial charge in [0.15, 0.2) is 0 Å². The lowest BCUT2D eigenvalue weighted by Crippen LogP contribution is -2.55. The molecule has 2 aromatic rings. The quantitative estimate of drug-likeness (QED) is 0.586. The van der Waals surface area contributed by atoms with Gasteiger partial charge in [-0.25, -0.2) is 4.79 Å². The summed E-state index contributed by atoms with van der Waals surface area (Å²) in [4.78, 5) is 36.3. The second-order valence-electron chi connectivity index (χ2n) is 8.94. The van der Waals surface area contributed by atoms with Crippen LogP contribution in [0.25, 0.3) is 11.1 Å². The van der Waals surface area contributed by atoms with Crippen molar-refractivity contribution in [2.24, 2.45) is 5.92 Å². The molecule has 168 valence electrons. The Morgan fingerprint density at radius 2 is 1.62 bits per heavy atom. The first-order valence-corrected chi connectivity index (χ1v) is 10.9. The molecule has 4 rings (SSSR count). The summed E-state index contributed by atoms with van der Waals surface area (Å²) < 4.78 is 5.49. The summed E-state index contributed by atoms with van der Waals surface area (Å²) in [6.45, 7) is 3.47. The van der Waals surface area contributed by atoms with Gasteiger partial charge in [-0.1, -0.05) is 48.5 Å². The van der Waals surface area contributed by atoms with Gasteiger partial charge >= 0.3 is 12.1 Å². The predicted octanol–water partition coefficient (Wildman–Crippen LogP) is 3.67. The largest absolute Gasteiger partial charge is 0.481 e. The molecular weight excluding hydrogens is 408 g/mol. The van der Waals surface area contributed by atoms with Gasteiger partial charge in [-0.15, -0.1) is 0 Å². The molecule has 0 bridgehead atoms. The third-order valence-electron chi connectivity index (χ3n) is 6.48. The molecule has 2 aromatic carbocycles. The second kappa shape index (κ2) is 8.65. The maximum atomic E-state index is 12.6. The molecule has 0 aliphatic heterocycles. The van der Waals surface area contributed by atoms with E-state index in [-0.39, 0.29) is 24.9 Å². The van der Waals surface area contributed by atoms with E-state index in [0.29, 0.717) is 0 Å². The summed E-state index contributed by atoms with van der Waals surface area (Å²) in [7, 11) is 0. The first-order chi connectivity index (χ1) is 15.3. The van der Waals surface area contributed by atoms with Crippen molar-refractivity contribution in [1.82, 2.24) is 10.6 Å². The number of ether oxygens (including phenoxy) is 1. The molecule has 0 radical (unpaired) electrons. The summed E-state index contributed by atoms with van der Waals surface area (Å²) >= 11 is 0. The van der Waals surface area contributed by atoms with Crippen LogP contribution in [0, 0.1) is 5.92 Å². The van der Waals surface area contributed by atoms with Crippen molar-refractivity contribution >= 4 is 18.0 Å². The molecule has 2 aliphatic rings. The number of fused-ring (bicyclic) bond motifs is 3. The van der Waals surface area contributed by atoms with Crippen LogP contribution in [0.15, 0.2) is 48.5 Å². The van der Waals surface area contributed by atoms with Gasteiger partial charge in [0.2, 0.25) is 5.91 Å². The number of carboxylic acid groups (broad SMARTS) is 1. The highest BCUT2D eigenvalue weighted by molar-refractivity contribution is 5.86. The van der Waals surface area contributed by atoms with Gasteiger partial charge in [-0.2, -0.15) is 0 Å². The molecule has 2 amide bonds. The maximum Gasteiger partial charge on any atom is 0.407 e. The highest BCUT2D eigenvalue weighted by atomic mass is 16.5. The van der Waals surface area contributed by atoms with Crippen LogP contribution < -0.4 is 10.6 Å². The number of hydrogen-bond donors (Lipinski definition) is 3. The molecular formula is C25H28N2O5. The van der Waals surface area contributed by atoms with Crippen molar-refractivity contribution in [2.45, 2.75) is 50.6 Å². The molecule has 2 atom stereocenters. The molecule has 0 saturated heterocycles. The number of rotatable bonds is 8. The normalized spacial score (nSPS) is 17.4. The van der Waals surface area contributed by atoms with Crippen LogP contribution in [0.5, 0.6) is 0 Å². The number of carboxylic acids is 1. The zero-order valence-electron chi connectivity index (χ0n) is 18.3. The van der Waals surface area contributed by atoms with Crippen molar-refractivity contribution in [3.63, 3.8) is 0 Å². The van der Waals surface area contributed by atoms with Crippen molar-refractivity contribution in [3.8, 4) is 11.1 Å². The smallest absolute Gasteiger partial charge is 0.407 e. The Kier molecular flexibility index (Phi) is 5.91. The number of hydrogen-bond acceptors (Lipinski definition) is 4. The number of carbonyl (C=O) groups excluding carboxylic acids is 2. The van der Waals surface area contributed by atoms with Crippen LogP contribution in [0.1, 0.15) is 50.2 Å². The van der Waals surface area contributed by atoms with Crippen LogP contribution in [0.3, 0.4) is 0 Å².